The summed E-state index contributed by atoms with van der Waals surface area (Å²) in [6.07, 6.45) is 3.77. The highest BCUT2D eigenvalue weighted by Crippen LogP contribution is 2.19. The minimum Gasteiger partial charge on any atom is -0.376 e. The topological polar surface area (TPSA) is 45.3 Å². The van der Waals surface area contributed by atoms with Gasteiger partial charge >= 0.3 is 0 Å². The summed E-state index contributed by atoms with van der Waals surface area (Å²) in [5, 5.41) is 0. The highest BCUT2D eigenvalue weighted by molar-refractivity contribution is 7.73. The Morgan fingerprint density at radius 1 is 1.60 bits per heavy atom. The highest BCUT2D eigenvalue weighted by Gasteiger charge is 2.24. The number of hydrogen-bond donors (Lipinski definition) is 1. The van der Waals surface area contributed by atoms with Crippen LogP contribution in [-0.4, -0.2) is 41.6 Å². The molecule has 112 valence electrons. The molecular formula is C14H22N2O2S2. The van der Waals surface area contributed by atoms with E-state index in [0.717, 1.165) is 53.5 Å². The second-order valence-corrected chi connectivity index (χ2v) is 6.99. The fourth-order valence-corrected chi connectivity index (χ4v) is 3.72. The summed E-state index contributed by atoms with van der Waals surface area (Å²) >= 11 is 6.62. The minimum atomic E-state index is 0.183. The number of ether oxygens (including phenoxy) is 1. The van der Waals surface area contributed by atoms with Crippen LogP contribution in [0, 0.1) is 10.9 Å². The summed E-state index contributed by atoms with van der Waals surface area (Å²) in [6.45, 7) is 6.44. The number of rotatable bonds is 5. The van der Waals surface area contributed by atoms with Gasteiger partial charge in [0.2, 0.25) is 5.91 Å². The number of hydrogen-bond acceptors (Lipinski definition) is 4. The zero-order valence-corrected chi connectivity index (χ0v) is 13.7. The van der Waals surface area contributed by atoms with Gasteiger partial charge < -0.3 is 14.6 Å². The van der Waals surface area contributed by atoms with Crippen molar-refractivity contribution in [1.29, 1.82) is 0 Å². The molecule has 0 spiro atoms. The zero-order valence-electron chi connectivity index (χ0n) is 12.1. The molecule has 0 aromatic carbocycles. The van der Waals surface area contributed by atoms with E-state index in [2.05, 4.69) is 11.9 Å². The second-order valence-electron chi connectivity index (χ2n) is 5.21. The third-order valence-electron chi connectivity index (χ3n) is 3.52. The molecule has 0 bridgehead atoms. The molecule has 2 rings (SSSR count). The fraction of sp³-hybridized carbons (Fsp3) is 0.714. The van der Waals surface area contributed by atoms with Crippen LogP contribution in [0.2, 0.25) is 0 Å². The van der Waals surface area contributed by atoms with Crippen LogP contribution in [0.25, 0.3) is 0 Å². The molecule has 1 amide bonds. The van der Waals surface area contributed by atoms with Crippen molar-refractivity contribution in [2.75, 3.05) is 19.7 Å². The summed E-state index contributed by atoms with van der Waals surface area (Å²) < 4.78 is 6.52. The Morgan fingerprint density at radius 2 is 2.40 bits per heavy atom. The number of likely N-dealkylation sites (tertiary alicyclic amines) is 1. The number of piperidine rings is 1. The number of aromatic amines is 1. The molecule has 2 heterocycles. The van der Waals surface area contributed by atoms with Gasteiger partial charge in [-0.1, -0.05) is 6.92 Å². The van der Waals surface area contributed by atoms with Crippen LogP contribution in [-0.2, 0) is 16.0 Å². The minimum absolute atomic E-state index is 0.183. The molecule has 4 nitrogen and oxygen atoms in total. The lowest BCUT2D eigenvalue weighted by molar-refractivity contribution is -0.134. The number of aromatic nitrogens is 1. The molecule has 0 radical (unpaired) electrons. The van der Waals surface area contributed by atoms with E-state index in [1.807, 2.05) is 11.8 Å². The van der Waals surface area contributed by atoms with Crippen LogP contribution in [0.1, 0.15) is 36.8 Å². The summed E-state index contributed by atoms with van der Waals surface area (Å²) in [5.74, 6) is 0.183. The van der Waals surface area contributed by atoms with Crippen molar-refractivity contribution in [3.8, 4) is 0 Å². The average Bonchev–Trinajstić information content (AvgIpc) is 2.75. The van der Waals surface area contributed by atoms with Crippen LogP contribution >= 0.6 is 23.6 Å². The van der Waals surface area contributed by atoms with Gasteiger partial charge in [0.05, 0.1) is 12.5 Å². The number of thiazole rings is 1. The van der Waals surface area contributed by atoms with E-state index in [-0.39, 0.29) is 12.0 Å². The lowest BCUT2D eigenvalue weighted by atomic mass is 10.1. The predicted octanol–water partition coefficient (Wildman–Crippen LogP) is 3.07. The Bertz CT molecular complexity index is 510. The molecule has 1 N–H and O–H groups in total. The van der Waals surface area contributed by atoms with Crippen molar-refractivity contribution >= 4 is 29.5 Å². The van der Waals surface area contributed by atoms with Gasteiger partial charge in [-0.05, 0) is 38.4 Å². The standard InChI is InChI=1S/C14H22N2O2S2/c1-3-7-18-11-5-4-6-16(9-11)13(17)8-12-10(2)15-14(19)20-12/h11H,3-9H2,1-2H3,(H,15,19)/t11-/m0/s1. The summed E-state index contributed by atoms with van der Waals surface area (Å²) in [4.78, 5) is 18.5. The Kier molecular flexibility index (Phi) is 5.74. The maximum absolute atomic E-state index is 12.4. The summed E-state index contributed by atoms with van der Waals surface area (Å²) in [6, 6.07) is 0. The van der Waals surface area contributed by atoms with E-state index in [1.54, 1.807) is 0 Å². The largest absolute Gasteiger partial charge is 0.376 e. The predicted molar refractivity (Wildman–Crippen MR) is 83.8 cm³/mol. The van der Waals surface area contributed by atoms with Crippen molar-refractivity contribution in [1.82, 2.24) is 9.88 Å². The van der Waals surface area contributed by atoms with E-state index >= 15 is 0 Å². The third kappa shape index (κ3) is 4.14. The molecule has 1 atom stereocenters. The van der Waals surface area contributed by atoms with Gasteiger partial charge in [0, 0.05) is 30.3 Å². The van der Waals surface area contributed by atoms with Gasteiger partial charge in [-0.25, -0.2) is 0 Å². The first kappa shape index (κ1) is 15.7. The van der Waals surface area contributed by atoms with Crippen molar-refractivity contribution < 1.29 is 9.53 Å². The van der Waals surface area contributed by atoms with Gasteiger partial charge in [-0.15, -0.1) is 11.3 Å². The van der Waals surface area contributed by atoms with Gasteiger partial charge in [0.25, 0.3) is 0 Å². The van der Waals surface area contributed by atoms with Gasteiger partial charge in [0.1, 0.15) is 0 Å². The smallest absolute Gasteiger partial charge is 0.227 e. The summed E-state index contributed by atoms with van der Waals surface area (Å²) in [7, 11) is 0. The maximum atomic E-state index is 12.4. The maximum Gasteiger partial charge on any atom is 0.227 e. The quantitative estimate of drug-likeness (QED) is 0.850. The Hall–Kier alpha value is -0.720. The van der Waals surface area contributed by atoms with Crippen LogP contribution < -0.4 is 0 Å². The van der Waals surface area contributed by atoms with E-state index in [0.29, 0.717) is 6.42 Å². The van der Waals surface area contributed by atoms with Crippen LogP contribution in [0.15, 0.2) is 0 Å². The van der Waals surface area contributed by atoms with E-state index in [1.165, 1.54) is 11.3 Å². The Balaban J connectivity index is 1.91. The Labute approximate surface area is 129 Å². The first-order valence-corrected chi connectivity index (χ1v) is 8.40. The van der Waals surface area contributed by atoms with Crippen molar-refractivity contribution in [3.63, 3.8) is 0 Å². The van der Waals surface area contributed by atoms with Crippen molar-refractivity contribution in [2.45, 2.75) is 45.6 Å². The molecule has 0 saturated carbocycles. The molecule has 0 aliphatic carbocycles. The van der Waals surface area contributed by atoms with Gasteiger partial charge in [0.15, 0.2) is 3.95 Å². The molecule has 1 aromatic rings. The zero-order chi connectivity index (χ0) is 14.5. The lowest BCUT2D eigenvalue weighted by Gasteiger charge is -2.32. The molecule has 1 aliphatic rings. The molecule has 1 aromatic heterocycles. The average molecular weight is 314 g/mol. The lowest BCUT2D eigenvalue weighted by Crippen LogP contribution is -2.43. The molecule has 1 aliphatic heterocycles. The first-order chi connectivity index (χ1) is 9.60. The number of nitrogens with zero attached hydrogens (tertiary/aromatic N) is 1. The molecular weight excluding hydrogens is 292 g/mol. The SMILES string of the molecule is CCCO[C@H]1CCCN(C(=O)Cc2sc(=S)[nH]c2C)C1. The van der Waals surface area contributed by atoms with Gasteiger partial charge in [-0.2, -0.15) is 0 Å². The van der Waals surface area contributed by atoms with Gasteiger partial charge in [-0.3, -0.25) is 4.79 Å². The second kappa shape index (κ2) is 7.33. The van der Waals surface area contributed by atoms with Crippen LogP contribution in [0.3, 0.4) is 0 Å². The number of carbonyl (C=O) groups excluding carboxylic acids is 1. The molecule has 1 saturated heterocycles. The van der Waals surface area contributed by atoms with Crippen molar-refractivity contribution in [3.05, 3.63) is 14.5 Å². The molecule has 1 fully saturated rings. The summed E-state index contributed by atoms with van der Waals surface area (Å²) in [5.41, 5.74) is 1.02. The van der Waals surface area contributed by atoms with Crippen molar-refractivity contribution in [2.24, 2.45) is 0 Å². The number of amides is 1. The van der Waals surface area contributed by atoms with Crippen LogP contribution in [0.5, 0.6) is 0 Å². The number of nitrogens with one attached hydrogen (secondary N) is 1. The normalized spacial score (nSPS) is 19.3. The highest BCUT2D eigenvalue weighted by atomic mass is 32.1. The Morgan fingerprint density at radius 3 is 3.05 bits per heavy atom. The number of H-pyrrole nitrogens is 1. The van der Waals surface area contributed by atoms with Crippen LogP contribution in [0.4, 0.5) is 0 Å². The number of carbonyl (C=O) groups is 1. The van der Waals surface area contributed by atoms with E-state index < -0.39 is 0 Å². The molecule has 6 heteroatoms. The van der Waals surface area contributed by atoms with E-state index in [9.17, 15) is 4.79 Å². The third-order valence-corrected chi connectivity index (χ3v) is 4.86. The monoisotopic (exact) mass is 314 g/mol. The molecule has 0 unspecified atom stereocenters. The fourth-order valence-electron chi connectivity index (χ4n) is 2.44. The molecule has 20 heavy (non-hydrogen) atoms. The number of aryl methyl sites for hydroxylation is 1. The van der Waals surface area contributed by atoms with E-state index in [4.69, 9.17) is 17.0 Å². The first-order valence-electron chi connectivity index (χ1n) is 7.18.